The van der Waals surface area contributed by atoms with Crippen LogP contribution in [0, 0.1) is 19.7 Å². The van der Waals surface area contributed by atoms with E-state index in [1.165, 1.54) is 6.07 Å². The molecule has 4 aromatic heterocycles. The van der Waals surface area contributed by atoms with Crippen molar-refractivity contribution < 1.29 is 4.39 Å². The number of halogens is 1. The zero-order valence-electron chi connectivity index (χ0n) is 13.7. The van der Waals surface area contributed by atoms with Gasteiger partial charge in [0.2, 0.25) is 0 Å². The van der Waals surface area contributed by atoms with Gasteiger partial charge < -0.3 is 10.3 Å². The predicted octanol–water partition coefficient (Wildman–Crippen LogP) is 3.91. The molecule has 0 saturated carbocycles. The number of aryl methyl sites for hydroxylation is 2. The normalized spacial score (nSPS) is 11.0. The average Bonchev–Trinajstić information content (AvgIpc) is 3.08. The maximum Gasteiger partial charge on any atom is 0.182 e. The molecule has 0 aliphatic heterocycles. The largest absolute Gasteiger partial charge is 0.346 e. The zero-order valence-corrected chi connectivity index (χ0v) is 13.7. The van der Waals surface area contributed by atoms with Crippen molar-refractivity contribution in [2.24, 2.45) is 0 Å². The molecule has 124 valence electrons. The first-order valence-corrected chi connectivity index (χ1v) is 7.79. The lowest BCUT2D eigenvalue weighted by Gasteiger charge is -2.10. The number of hydrogen-bond acceptors (Lipinski definition) is 5. The molecule has 0 saturated heterocycles. The Morgan fingerprint density at radius 3 is 2.68 bits per heavy atom. The lowest BCUT2D eigenvalue weighted by atomic mass is 10.2. The molecule has 7 heteroatoms. The Hall–Kier alpha value is -3.35. The first-order valence-electron chi connectivity index (χ1n) is 7.79. The van der Waals surface area contributed by atoms with E-state index in [2.05, 4.69) is 30.2 Å². The van der Waals surface area contributed by atoms with Crippen LogP contribution >= 0.6 is 0 Å². The third-order valence-corrected chi connectivity index (χ3v) is 3.91. The highest BCUT2D eigenvalue weighted by atomic mass is 19.1. The van der Waals surface area contributed by atoms with Crippen molar-refractivity contribution in [2.45, 2.75) is 13.8 Å². The first-order chi connectivity index (χ1) is 12.1. The van der Waals surface area contributed by atoms with Crippen LogP contribution in [0.1, 0.15) is 11.3 Å². The molecule has 2 N–H and O–H groups in total. The SMILES string of the molecule is Cc1cccnc1Nc1nc(-c2ccc(F)c(C)n2)nc2[nH]ccc12. The molecule has 0 aliphatic carbocycles. The van der Waals surface area contributed by atoms with Crippen LogP contribution in [0.25, 0.3) is 22.6 Å². The molecule has 0 unspecified atom stereocenters. The summed E-state index contributed by atoms with van der Waals surface area (Å²) in [4.78, 5) is 20.7. The summed E-state index contributed by atoms with van der Waals surface area (Å²) in [5.41, 5.74) is 2.49. The second-order valence-electron chi connectivity index (χ2n) is 5.69. The van der Waals surface area contributed by atoms with Crippen LogP contribution < -0.4 is 5.32 Å². The molecule has 0 fully saturated rings. The van der Waals surface area contributed by atoms with Crippen molar-refractivity contribution in [1.82, 2.24) is 24.9 Å². The maximum absolute atomic E-state index is 13.5. The predicted molar refractivity (Wildman–Crippen MR) is 94.1 cm³/mol. The molecule has 25 heavy (non-hydrogen) atoms. The van der Waals surface area contributed by atoms with E-state index in [0.717, 1.165) is 16.8 Å². The van der Waals surface area contributed by atoms with Gasteiger partial charge in [0.25, 0.3) is 0 Å². The Morgan fingerprint density at radius 1 is 1.00 bits per heavy atom. The monoisotopic (exact) mass is 334 g/mol. The molecule has 0 aliphatic rings. The Kier molecular flexibility index (Phi) is 3.61. The van der Waals surface area contributed by atoms with Crippen LogP contribution in [-0.2, 0) is 0 Å². The molecule has 6 nitrogen and oxygen atoms in total. The summed E-state index contributed by atoms with van der Waals surface area (Å²) in [5.74, 6) is 1.39. The number of aromatic amines is 1. The fourth-order valence-electron chi connectivity index (χ4n) is 2.55. The van der Waals surface area contributed by atoms with Crippen molar-refractivity contribution in [3.8, 4) is 11.5 Å². The molecule has 0 amide bonds. The number of nitrogens with one attached hydrogen (secondary N) is 2. The maximum atomic E-state index is 13.5. The Bertz CT molecular complexity index is 1070. The topological polar surface area (TPSA) is 79.4 Å². The van der Waals surface area contributed by atoms with Gasteiger partial charge in [-0.15, -0.1) is 0 Å². The number of nitrogens with zero attached hydrogens (tertiary/aromatic N) is 4. The minimum Gasteiger partial charge on any atom is -0.346 e. The van der Waals surface area contributed by atoms with E-state index >= 15 is 0 Å². The molecule has 0 radical (unpaired) electrons. The highest BCUT2D eigenvalue weighted by molar-refractivity contribution is 5.90. The minimum atomic E-state index is -0.354. The summed E-state index contributed by atoms with van der Waals surface area (Å²) in [5, 5.41) is 4.09. The highest BCUT2D eigenvalue weighted by Crippen LogP contribution is 2.26. The summed E-state index contributed by atoms with van der Waals surface area (Å²) in [7, 11) is 0. The Balaban J connectivity index is 1.85. The molecule has 0 aromatic carbocycles. The van der Waals surface area contributed by atoms with E-state index in [1.807, 2.05) is 25.1 Å². The van der Waals surface area contributed by atoms with Crippen LogP contribution in [0.4, 0.5) is 16.0 Å². The van der Waals surface area contributed by atoms with Crippen LogP contribution in [0.3, 0.4) is 0 Å². The standard InChI is InChI=1S/C18H15FN6/c1-10-4-3-8-20-15(10)23-17-12-7-9-21-16(12)24-18(25-17)14-6-5-13(19)11(2)22-14/h3-9H,1-2H3,(H2,20,21,23,24,25). The molecule has 4 heterocycles. The number of pyridine rings is 2. The molecular weight excluding hydrogens is 319 g/mol. The molecule has 0 spiro atoms. The summed E-state index contributed by atoms with van der Waals surface area (Å²) < 4.78 is 13.5. The van der Waals surface area contributed by atoms with Crippen LogP contribution in [0.15, 0.2) is 42.7 Å². The fourth-order valence-corrected chi connectivity index (χ4v) is 2.55. The highest BCUT2D eigenvalue weighted by Gasteiger charge is 2.13. The Labute approximate surface area is 143 Å². The van der Waals surface area contributed by atoms with Crippen LogP contribution in [0.5, 0.6) is 0 Å². The summed E-state index contributed by atoms with van der Waals surface area (Å²) in [6.45, 7) is 3.58. The zero-order chi connectivity index (χ0) is 17.4. The fraction of sp³-hybridized carbons (Fsp3) is 0.111. The van der Waals surface area contributed by atoms with E-state index < -0.39 is 0 Å². The molecule has 0 atom stereocenters. The van der Waals surface area contributed by atoms with Gasteiger partial charge in [-0.25, -0.2) is 24.3 Å². The van der Waals surface area contributed by atoms with Gasteiger partial charge >= 0.3 is 0 Å². The second kappa shape index (κ2) is 5.94. The van der Waals surface area contributed by atoms with E-state index in [4.69, 9.17) is 0 Å². The molecule has 0 bridgehead atoms. The van der Waals surface area contributed by atoms with Crippen molar-refractivity contribution in [3.05, 3.63) is 59.8 Å². The van der Waals surface area contributed by atoms with Gasteiger partial charge in [-0.1, -0.05) is 6.07 Å². The number of H-pyrrole nitrogens is 1. The second-order valence-corrected chi connectivity index (χ2v) is 5.69. The molecule has 4 aromatic rings. The summed E-state index contributed by atoms with van der Waals surface area (Å²) >= 11 is 0. The van der Waals surface area contributed by atoms with Crippen molar-refractivity contribution in [1.29, 1.82) is 0 Å². The van der Waals surface area contributed by atoms with Gasteiger partial charge in [0.05, 0.1) is 11.1 Å². The van der Waals surface area contributed by atoms with E-state index in [0.29, 0.717) is 28.7 Å². The third kappa shape index (κ3) is 2.80. The number of aromatic nitrogens is 5. The van der Waals surface area contributed by atoms with Gasteiger partial charge in [-0.3, -0.25) is 0 Å². The van der Waals surface area contributed by atoms with Gasteiger partial charge in [0.15, 0.2) is 5.82 Å². The number of fused-ring (bicyclic) bond motifs is 1. The number of rotatable bonds is 3. The molecule has 4 rings (SSSR count). The van der Waals surface area contributed by atoms with Crippen LogP contribution in [0.2, 0.25) is 0 Å². The van der Waals surface area contributed by atoms with E-state index in [-0.39, 0.29) is 5.82 Å². The van der Waals surface area contributed by atoms with Crippen molar-refractivity contribution in [2.75, 3.05) is 5.32 Å². The summed E-state index contributed by atoms with van der Waals surface area (Å²) in [6, 6.07) is 8.68. The van der Waals surface area contributed by atoms with E-state index in [1.54, 1.807) is 25.4 Å². The first kappa shape index (κ1) is 15.2. The Morgan fingerprint density at radius 2 is 1.88 bits per heavy atom. The van der Waals surface area contributed by atoms with Crippen molar-refractivity contribution in [3.63, 3.8) is 0 Å². The number of anilines is 2. The lowest BCUT2D eigenvalue weighted by molar-refractivity contribution is 0.610. The number of hydrogen-bond donors (Lipinski definition) is 2. The van der Waals surface area contributed by atoms with Gasteiger partial charge in [0, 0.05) is 12.4 Å². The minimum absolute atomic E-state index is 0.308. The summed E-state index contributed by atoms with van der Waals surface area (Å²) in [6.07, 6.45) is 3.51. The van der Waals surface area contributed by atoms with Gasteiger partial charge in [-0.05, 0) is 43.7 Å². The van der Waals surface area contributed by atoms with Gasteiger partial charge in [0.1, 0.15) is 28.8 Å². The molecular formula is C18H15FN6. The van der Waals surface area contributed by atoms with Crippen molar-refractivity contribution >= 4 is 22.7 Å². The lowest BCUT2D eigenvalue weighted by Crippen LogP contribution is -2.02. The van der Waals surface area contributed by atoms with E-state index in [9.17, 15) is 4.39 Å². The van der Waals surface area contributed by atoms with Crippen LogP contribution in [-0.4, -0.2) is 24.9 Å². The van der Waals surface area contributed by atoms with Gasteiger partial charge in [-0.2, -0.15) is 0 Å². The third-order valence-electron chi connectivity index (χ3n) is 3.91. The smallest absolute Gasteiger partial charge is 0.182 e. The quantitative estimate of drug-likeness (QED) is 0.594. The average molecular weight is 334 g/mol.